The number of rotatable bonds is 1. The van der Waals surface area contributed by atoms with Gasteiger partial charge < -0.3 is 5.11 Å². The second-order valence-corrected chi connectivity index (χ2v) is 3.03. The molecule has 7 heteroatoms. The van der Waals surface area contributed by atoms with E-state index < -0.39 is 22.9 Å². The molecule has 0 fully saturated rings. The van der Waals surface area contributed by atoms with Crippen molar-refractivity contribution in [3.63, 3.8) is 0 Å². The Labute approximate surface area is 87.5 Å². The van der Waals surface area contributed by atoms with Gasteiger partial charge in [-0.25, -0.2) is 4.79 Å². The summed E-state index contributed by atoms with van der Waals surface area (Å²) in [7, 11) is 0. The van der Waals surface area contributed by atoms with Gasteiger partial charge in [0.1, 0.15) is 0 Å². The summed E-state index contributed by atoms with van der Waals surface area (Å²) in [5.41, 5.74) is -1.01. The van der Waals surface area contributed by atoms with E-state index in [-0.39, 0.29) is 5.69 Å². The first-order chi connectivity index (χ1) is 6.80. The third-order valence-corrected chi connectivity index (χ3v) is 1.84. The van der Waals surface area contributed by atoms with Gasteiger partial charge >= 0.3 is 12.3 Å². The Morgan fingerprint density at radius 1 is 1.40 bits per heavy atom. The van der Waals surface area contributed by atoms with Crippen molar-refractivity contribution in [2.24, 2.45) is 0 Å². The number of carboxylic acid groups (broad SMARTS) is 1. The van der Waals surface area contributed by atoms with Gasteiger partial charge in [-0.2, -0.15) is 13.2 Å². The minimum Gasteiger partial charge on any atom is -0.465 e. The van der Waals surface area contributed by atoms with Crippen molar-refractivity contribution in [1.29, 1.82) is 0 Å². The molecule has 0 aliphatic heterocycles. The van der Waals surface area contributed by atoms with Crippen molar-refractivity contribution in [1.82, 2.24) is 0 Å². The average Bonchev–Trinajstić information content (AvgIpc) is 1.99. The number of alkyl halides is 3. The lowest BCUT2D eigenvalue weighted by molar-refractivity contribution is -0.137. The number of hydrogen-bond donors (Lipinski definition) is 2. The molecule has 0 spiro atoms. The summed E-state index contributed by atoms with van der Waals surface area (Å²) in [6.45, 7) is 0. The van der Waals surface area contributed by atoms with Crippen LogP contribution in [0, 0.1) is 0 Å². The van der Waals surface area contributed by atoms with Crippen LogP contribution in [0.5, 0.6) is 0 Å². The van der Waals surface area contributed by atoms with Gasteiger partial charge in [-0.3, -0.25) is 5.32 Å². The number of halogens is 4. The molecule has 0 aromatic heterocycles. The quantitative estimate of drug-likeness (QED) is 0.789. The van der Waals surface area contributed by atoms with Crippen molar-refractivity contribution in [3.05, 3.63) is 28.8 Å². The molecule has 15 heavy (non-hydrogen) atoms. The summed E-state index contributed by atoms with van der Waals surface area (Å²) in [4.78, 5) is 10.2. The summed E-state index contributed by atoms with van der Waals surface area (Å²) >= 11 is 5.34. The molecule has 0 heterocycles. The highest BCUT2D eigenvalue weighted by atomic mass is 35.5. The maximum absolute atomic E-state index is 12.2. The zero-order valence-corrected chi connectivity index (χ0v) is 7.86. The normalized spacial score (nSPS) is 11.2. The van der Waals surface area contributed by atoms with E-state index >= 15 is 0 Å². The minimum atomic E-state index is -4.54. The molecule has 1 amide bonds. The van der Waals surface area contributed by atoms with Crippen LogP contribution in [-0.2, 0) is 6.18 Å². The van der Waals surface area contributed by atoms with Crippen LogP contribution < -0.4 is 5.32 Å². The van der Waals surface area contributed by atoms with Crippen LogP contribution in [0.25, 0.3) is 0 Å². The second kappa shape index (κ2) is 3.98. The summed E-state index contributed by atoms with van der Waals surface area (Å²) in [6, 6.07) is 2.61. The Bertz CT molecular complexity index is 392. The molecule has 0 bridgehead atoms. The summed E-state index contributed by atoms with van der Waals surface area (Å²) in [5.74, 6) is 0. The van der Waals surface area contributed by atoms with Gasteiger partial charge in [-0.05, 0) is 18.2 Å². The van der Waals surface area contributed by atoms with Crippen LogP contribution in [0.2, 0.25) is 5.02 Å². The Morgan fingerprint density at radius 3 is 2.40 bits per heavy atom. The maximum Gasteiger partial charge on any atom is 0.417 e. The molecule has 0 unspecified atom stereocenters. The van der Waals surface area contributed by atoms with E-state index in [1.165, 1.54) is 0 Å². The topological polar surface area (TPSA) is 49.3 Å². The zero-order valence-electron chi connectivity index (χ0n) is 7.10. The molecule has 0 radical (unpaired) electrons. The minimum absolute atomic E-state index is 0.0134. The van der Waals surface area contributed by atoms with Gasteiger partial charge in [-0.15, -0.1) is 0 Å². The third-order valence-electron chi connectivity index (χ3n) is 1.53. The molecule has 0 aliphatic carbocycles. The molecule has 2 N–H and O–H groups in total. The van der Waals surface area contributed by atoms with E-state index in [0.29, 0.717) is 6.07 Å². The van der Waals surface area contributed by atoms with Gasteiger partial charge in [0.2, 0.25) is 0 Å². The van der Waals surface area contributed by atoms with E-state index in [1.54, 1.807) is 0 Å². The Kier molecular flexibility index (Phi) is 3.09. The number of nitrogens with one attached hydrogen (secondary N) is 1. The van der Waals surface area contributed by atoms with Gasteiger partial charge in [-0.1, -0.05) is 11.6 Å². The summed E-state index contributed by atoms with van der Waals surface area (Å²) in [5, 5.41) is 9.65. The van der Waals surface area contributed by atoms with Crippen molar-refractivity contribution < 1.29 is 23.1 Å². The molecule has 82 valence electrons. The van der Waals surface area contributed by atoms with E-state index in [4.69, 9.17) is 16.7 Å². The molecule has 0 aliphatic rings. The highest BCUT2D eigenvalue weighted by molar-refractivity contribution is 6.31. The molecule has 1 aromatic rings. The predicted octanol–water partition coefficient (Wildman–Crippen LogP) is 3.45. The average molecular weight is 240 g/mol. The first-order valence-corrected chi connectivity index (χ1v) is 4.05. The van der Waals surface area contributed by atoms with Crippen LogP contribution in [0.3, 0.4) is 0 Å². The Hall–Kier alpha value is -1.43. The number of benzene rings is 1. The number of carbonyl (C=O) groups is 1. The summed E-state index contributed by atoms with van der Waals surface area (Å²) < 4.78 is 36.7. The Balaban J connectivity index is 3.04. The molecule has 0 saturated carbocycles. The fourth-order valence-corrected chi connectivity index (χ4v) is 1.23. The molecule has 1 rings (SSSR count). The van der Waals surface area contributed by atoms with Crippen molar-refractivity contribution in [2.45, 2.75) is 6.18 Å². The number of hydrogen-bond acceptors (Lipinski definition) is 1. The van der Waals surface area contributed by atoms with Crippen molar-refractivity contribution >= 4 is 23.4 Å². The largest absolute Gasteiger partial charge is 0.465 e. The van der Waals surface area contributed by atoms with Crippen LogP contribution in [0.1, 0.15) is 5.56 Å². The van der Waals surface area contributed by atoms with E-state index in [0.717, 1.165) is 12.1 Å². The molecule has 0 saturated heterocycles. The van der Waals surface area contributed by atoms with Gasteiger partial charge in [0.05, 0.1) is 10.6 Å². The van der Waals surface area contributed by atoms with Gasteiger partial charge in [0, 0.05) is 5.69 Å². The molecule has 3 nitrogen and oxygen atoms in total. The lowest BCUT2D eigenvalue weighted by Gasteiger charge is -2.09. The first-order valence-electron chi connectivity index (χ1n) is 3.67. The Morgan fingerprint density at radius 2 is 2.00 bits per heavy atom. The van der Waals surface area contributed by atoms with Gasteiger partial charge in [0.15, 0.2) is 0 Å². The van der Waals surface area contributed by atoms with Crippen LogP contribution >= 0.6 is 11.6 Å². The highest BCUT2D eigenvalue weighted by Gasteiger charge is 2.33. The smallest absolute Gasteiger partial charge is 0.417 e. The number of amides is 1. The first kappa shape index (κ1) is 11.6. The van der Waals surface area contributed by atoms with Crippen LogP contribution in [0.4, 0.5) is 23.7 Å². The second-order valence-electron chi connectivity index (χ2n) is 2.62. The third kappa shape index (κ3) is 3.02. The van der Waals surface area contributed by atoms with Crippen molar-refractivity contribution in [2.75, 3.05) is 5.32 Å². The lowest BCUT2D eigenvalue weighted by Crippen LogP contribution is -2.09. The van der Waals surface area contributed by atoms with E-state index in [9.17, 15) is 18.0 Å². The SMILES string of the molecule is O=C(O)Nc1ccc(C(F)(F)F)c(Cl)c1. The zero-order chi connectivity index (χ0) is 11.6. The monoisotopic (exact) mass is 239 g/mol. The molecular formula is C8H5ClF3NO2. The van der Waals surface area contributed by atoms with Gasteiger partial charge in [0.25, 0.3) is 0 Å². The molecule has 0 atom stereocenters. The van der Waals surface area contributed by atoms with Crippen molar-refractivity contribution in [3.8, 4) is 0 Å². The fourth-order valence-electron chi connectivity index (χ4n) is 0.946. The van der Waals surface area contributed by atoms with Crippen LogP contribution in [-0.4, -0.2) is 11.2 Å². The standard InChI is InChI=1S/C8H5ClF3NO2/c9-6-3-4(13-7(14)15)1-2-5(6)8(10,11)12/h1-3,13H,(H,14,15). The fraction of sp³-hybridized carbons (Fsp3) is 0.125. The summed E-state index contributed by atoms with van der Waals surface area (Å²) in [6.07, 6.45) is -5.91. The molecule has 1 aromatic carbocycles. The van der Waals surface area contributed by atoms with E-state index in [2.05, 4.69) is 0 Å². The number of anilines is 1. The predicted molar refractivity (Wildman–Crippen MR) is 48.1 cm³/mol. The maximum atomic E-state index is 12.2. The van der Waals surface area contributed by atoms with E-state index in [1.807, 2.05) is 5.32 Å². The lowest BCUT2D eigenvalue weighted by atomic mass is 10.2. The van der Waals surface area contributed by atoms with Crippen LogP contribution in [0.15, 0.2) is 18.2 Å². The molecular weight excluding hydrogens is 235 g/mol. The highest BCUT2D eigenvalue weighted by Crippen LogP contribution is 2.35.